The van der Waals surface area contributed by atoms with Crippen LogP contribution in [0.4, 0.5) is 0 Å². The Morgan fingerprint density at radius 1 is 1.33 bits per heavy atom. The Kier molecular flexibility index (Phi) is 8.87. The van der Waals surface area contributed by atoms with E-state index in [9.17, 15) is 4.79 Å². The van der Waals surface area contributed by atoms with E-state index in [2.05, 4.69) is 16.8 Å². The van der Waals surface area contributed by atoms with Crippen molar-refractivity contribution in [3.8, 4) is 0 Å². The van der Waals surface area contributed by atoms with Crippen LogP contribution in [-0.4, -0.2) is 43.1 Å². The van der Waals surface area contributed by atoms with Crippen LogP contribution in [0.15, 0.2) is 4.99 Å². The van der Waals surface area contributed by atoms with Gasteiger partial charge in [0.25, 0.3) is 0 Å². The molecule has 1 atom stereocenters. The molecule has 2 N–H and O–H groups in total. The third-order valence-corrected chi connectivity index (χ3v) is 3.85. The molecule has 0 aromatic heterocycles. The smallest absolute Gasteiger partial charge is 0.305 e. The van der Waals surface area contributed by atoms with Gasteiger partial charge < -0.3 is 15.4 Å². The molecular formula is C16H31N3O2. The number of piperidine rings is 1. The van der Waals surface area contributed by atoms with Gasteiger partial charge in [-0.2, -0.15) is 0 Å². The normalized spacial score (nSPS) is 19.6. The number of carbonyl (C=O) groups excluding carboxylic acids is 1. The number of rotatable bonds is 8. The van der Waals surface area contributed by atoms with E-state index >= 15 is 0 Å². The van der Waals surface area contributed by atoms with Gasteiger partial charge in [0.1, 0.15) is 0 Å². The van der Waals surface area contributed by atoms with Crippen molar-refractivity contribution in [2.45, 2.75) is 58.8 Å². The molecule has 5 nitrogen and oxygen atoms in total. The Labute approximate surface area is 128 Å². The van der Waals surface area contributed by atoms with Crippen LogP contribution in [0.1, 0.15) is 58.8 Å². The topological polar surface area (TPSA) is 67.9 Å². The lowest BCUT2D eigenvalue weighted by molar-refractivity contribution is -0.143. The van der Waals surface area contributed by atoms with Crippen LogP contribution in [0.5, 0.6) is 0 Å². The van der Waals surface area contributed by atoms with E-state index in [0.717, 1.165) is 51.2 Å². The van der Waals surface area contributed by atoms with Gasteiger partial charge in [0.05, 0.1) is 6.61 Å². The Morgan fingerprint density at radius 3 is 2.81 bits per heavy atom. The summed E-state index contributed by atoms with van der Waals surface area (Å²) >= 11 is 0. The second-order valence-electron chi connectivity index (χ2n) is 5.90. The van der Waals surface area contributed by atoms with Gasteiger partial charge in [0, 0.05) is 26.1 Å². The van der Waals surface area contributed by atoms with Crippen molar-refractivity contribution in [3.05, 3.63) is 0 Å². The standard InChI is InChI=1S/C16H31N3O2/c1-3-21-15(20)10-6-4-5-7-11-18-16(17)19-12-8-9-14(2)13-19/h14H,3-13H2,1-2H3,(H2,17,18). The van der Waals surface area contributed by atoms with Gasteiger partial charge >= 0.3 is 5.97 Å². The van der Waals surface area contributed by atoms with Crippen molar-refractivity contribution >= 4 is 11.9 Å². The number of nitrogens with zero attached hydrogens (tertiary/aromatic N) is 2. The van der Waals surface area contributed by atoms with Crippen molar-refractivity contribution in [1.29, 1.82) is 0 Å². The van der Waals surface area contributed by atoms with E-state index in [0.29, 0.717) is 19.0 Å². The highest BCUT2D eigenvalue weighted by Crippen LogP contribution is 2.14. The molecule has 0 aliphatic carbocycles. The molecule has 1 aliphatic rings. The molecule has 0 spiro atoms. The molecule has 0 aromatic carbocycles. The zero-order chi connectivity index (χ0) is 15.5. The van der Waals surface area contributed by atoms with Gasteiger partial charge in [-0.3, -0.25) is 9.79 Å². The highest BCUT2D eigenvalue weighted by molar-refractivity contribution is 5.78. The molecule has 1 heterocycles. The number of esters is 1. The first kappa shape index (κ1) is 17.8. The van der Waals surface area contributed by atoms with E-state index < -0.39 is 0 Å². The highest BCUT2D eigenvalue weighted by atomic mass is 16.5. The van der Waals surface area contributed by atoms with Crippen LogP contribution >= 0.6 is 0 Å². The summed E-state index contributed by atoms with van der Waals surface area (Å²) in [5.74, 6) is 1.34. The minimum Gasteiger partial charge on any atom is -0.466 e. The first-order valence-corrected chi connectivity index (χ1v) is 8.34. The van der Waals surface area contributed by atoms with Crippen LogP contribution in [0, 0.1) is 5.92 Å². The van der Waals surface area contributed by atoms with Gasteiger partial charge in [-0.25, -0.2) is 0 Å². The molecule has 1 aliphatic heterocycles. The Morgan fingerprint density at radius 2 is 2.10 bits per heavy atom. The first-order valence-electron chi connectivity index (χ1n) is 8.34. The molecule has 1 saturated heterocycles. The van der Waals surface area contributed by atoms with Gasteiger partial charge in [0.15, 0.2) is 5.96 Å². The molecule has 0 bridgehead atoms. The third kappa shape index (κ3) is 7.93. The number of nitrogens with two attached hydrogens (primary N) is 1. The molecule has 122 valence electrons. The van der Waals surface area contributed by atoms with E-state index in [4.69, 9.17) is 10.5 Å². The maximum absolute atomic E-state index is 11.2. The Bertz CT molecular complexity index is 331. The summed E-state index contributed by atoms with van der Waals surface area (Å²) in [7, 11) is 0. The highest BCUT2D eigenvalue weighted by Gasteiger charge is 2.17. The monoisotopic (exact) mass is 297 g/mol. The largest absolute Gasteiger partial charge is 0.466 e. The van der Waals surface area contributed by atoms with E-state index in [-0.39, 0.29) is 5.97 Å². The molecule has 0 saturated carbocycles. The van der Waals surface area contributed by atoms with Crippen LogP contribution in [0.3, 0.4) is 0 Å². The van der Waals surface area contributed by atoms with Crippen LogP contribution in [0.25, 0.3) is 0 Å². The SMILES string of the molecule is CCOC(=O)CCCCCCN=C(N)N1CCCC(C)C1. The molecule has 0 amide bonds. The molecule has 1 unspecified atom stereocenters. The third-order valence-electron chi connectivity index (χ3n) is 3.85. The summed E-state index contributed by atoms with van der Waals surface area (Å²) in [6.45, 7) is 7.44. The summed E-state index contributed by atoms with van der Waals surface area (Å²) in [5.41, 5.74) is 6.04. The minimum atomic E-state index is -0.0843. The van der Waals surface area contributed by atoms with Gasteiger partial charge in [-0.15, -0.1) is 0 Å². The fourth-order valence-electron chi connectivity index (χ4n) is 2.66. The number of hydrogen-bond acceptors (Lipinski definition) is 3. The lowest BCUT2D eigenvalue weighted by atomic mass is 10.0. The number of ether oxygens (including phenoxy) is 1. The van der Waals surface area contributed by atoms with Crippen LogP contribution < -0.4 is 5.73 Å². The molecule has 0 aromatic rings. The van der Waals surface area contributed by atoms with E-state index in [1.165, 1.54) is 12.8 Å². The fourth-order valence-corrected chi connectivity index (χ4v) is 2.66. The van der Waals surface area contributed by atoms with Crippen molar-refractivity contribution in [3.63, 3.8) is 0 Å². The second kappa shape index (κ2) is 10.5. The maximum Gasteiger partial charge on any atom is 0.305 e. The summed E-state index contributed by atoms with van der Waals surface area (Å²) in [5, 5.41) is 0. The quantitative estimate of drug-likeness (QED) is 0.323. The predicted octanol–water partition coefficient (Wildman–Crippen LogP) is 2.55. The lowest BCUT2D eigenvalue weighted by Gasteiger charge is -2.31. The van der Waals surface area contributed by atoms with E-state index in [1.54, 1.807) is 0 Å². The molecule has 1 rings (SSSR count). The average molecular weight is 297 g/mol. The summed E-state index contributed by atoms with van der Waals surface area (Å²) in [6, 6.07) is 0. The van der Waals surface area contributed by atoms with Gasteiger partial charge in [-0.1, -0.05) is 19.8 Å². The van der Waals surface area contributed by atoms with Crippen molar-refractivity contribution < 1.29 is 9.53 Å². The molecule has 1 fully saturated rings. The second-order valence-corrected chi connectivity index (χ2v) is 5.90. The Balaban J connectivity index is 2.04. The van der Waals surface area contributed by atoms with Crippen molar-refractivity contribution in [2.75, 3.05) is 26.2 Å². The van der Waals surface area contributed by atoms with Gasteiger partial charge in [-0.05, 0) is 38.5 Å². The molecule has 5 heteroatoms. The van der Waals surface area contributed by atoms with Crippen molar-refractivity contribution in [2.24, 2.45) is 16.6 Å². The fraction of sp³-hybridized carbons (Fsp3) is 0.875. The number of aliphatic imine (C=N–C) groups is 1. The number of hydrogen-bond donors (Lipinski definition) is 1. The van der Waals surface area contributed by atoms with Crippen LogP contribution in [0.2, 0.25) is 0 Å². The predicted molar refractivity (Wildman–Crippen MR) is 86.2 cm³/mol. The summed E-state index contributed by atoms with van der Waals surface area (Å²) < 4.78 is 4.89. The lowest BCUT2D eigenvalue weighted by Crippen LogP contribution is -2.43. The average Bonchev–Trinajstić information content (AvgIpc) is 2.46. The maximum atomic E-state index is 11.2. The zero-order valence-electron chi connectivity index (χ0n) is 13.6. The van der Waals surface area contributed by atoms with Crippen molar-refractivity contribution in [1.82, 2.24) is 4.90 Å². The van der Waals surface area contributed by atoms with E-state index in [1.807, 2.05) is 6.92 Å². The zero-order valence-corrected chi connectivity index (χ0v) is 13.6. The van der Waals surface area contributed by atoms with Crippen LogP contribution in [-0.2, 0) is 9.53 Å². The summed E-state index contributed by atoms with van der Waals surface area (Å²) in [4.78, 5) is 17.8. The number of guanidine groups is 1. The first-order chi connectivity index (χ1) is 10.1. The van der Waals surface area contributed by atoms with Gasteiger partial charge in [0.2, 0.25) is 0 Å². The summed E-state index contributed by atoms with van der Waals surface area (Å²) in [6.07, 6.45) is 7.12. The minimum absolute atomic E-state index is 0.0843. The number of likely N-dealkylation sites (tertiary alicyclic amines) is 1. The number of carbonyl (C=O) groups is 1. The number of unbranched alkanes of at least 4 members (excludes halogenated alkanes) is 3. The molecular weight excluding hydrogens is 266 g/mol. The molecule has 0 radical (unpaired) electrons. The molecule has 21 heavy (non-hydrogen) atoms. The Hall–Kier alpha value is -1.26.